The Hall–Kier alpha value is -2.05. The van der Waals surface area contributed by atoms with Crippen LogP contribution >= 0.6 is 11.8 Å². The van der Waals surface area contributed by atoms with Gasteiger partial charge in [0, 0.05) is 29.5 Å². The zero-order chi connectivity index (χ0) is 19.0. The summed E-state index contributed by atoms with van der Waals surface area (Å²) in [5.74, 6) is 0.638. The van der Waals surface area contributed by atoms with E-state index in [4.69, 9.17) is 0 Å². The zero-order valence-electron chi connectivity index (χ0n) is 15.7. The second kappa shape index (κ2) is 7.52. The molecule has 5 nitrogen and oxygen atoms in total. The van der Waals surface area contributed by atoms with E-state index in [0.29, 0.717) is 23.2 Å². The third kappa shape index (κ3) is 3.82. The topological polar surface area (TPSA) is 65.2 Å². The maximum atomic E-state index is 12.7. The third-order valence-corrected chi connectivity index (χ3v) is 6.82. The fraction of sp³-hybridized carbons (Fsp3) is 0.429. The Labute approximate surface area is 163 Å². The molecule has 0 radical (unpaired) electrons. The van der Waals surface area contributed by atoms with Gasteiger partial charge in [0.1, 0.15) is 0 Å². The van der Waals surface area contributed by atoms with Crippen LogP contribution in [-0.4, -0.2) is 46.7 Å². The molecule has 1 unspecified atom stereocenters. The van der Waals surface area contributed by atoms with Crippen LogP contribution in [0.25, 0.3) is 0 Å². The molecular formula is C21H25N3O2S. The van der Waals surface area contributed by atoms with Crippen molar-refractivity contribution in [1.29, 1.82) is 0 Å². The fourth-order valence-corrected chi connectivity index (χ4v) is 5.04. The van der Waals surface area contributed by atoms with Gasteiger partial charge in [-0.25, -0.2) is 0 Å². The maximum Gasteiger partial charge on any atom is 0.251 e. The average molecular weight is 384 g/mol. The Balaban J connectivity index is 1.39. The van der Waals surface area contributed by atoms with E-state index in [9.17, 15) is 9.59 Å². The van der Waals surface area contributed by atoms with Crippen LogP contribution in [0.4, 0.5) is 0 Å². The molecule has 3 aliphatic rings. The van der Waals surface area contributed by atoms with E-state index in [-0.39, 0.29) is 17.7 Å². The molecule has 27 heavy (non-hydrogen) atoms. The van der Waals surface area contributed by atoms with Gasteiger partial charge >= 0.3 is 0 Å². The molecule has 0 saturated carbocycles. The van der Waals surface area contributed by atoms with Crippen LogP contribution in [0.1, 0.15) is 47.5 Å². The highest BCUT2D eigenvalue weighted by Gasteiger charge is 2.40. The minimum absolute atomic E-state index is 0.0101. The van der Waals surface area contributed by atoms with Crippen molar-refractivity contribution in [2.45, 2.75) is 48.7 Å². The van der Waals surface area contributed by atoms with Gasteiger partial charge in [-0.1, -0.05) is 11.8 Å². The number of ketones is 1. The molecular weight excluding hydrogens is 358 g/mol. The van der Waals surface area contributed by atoms with Crippen molar-refractivity contribution in [3.63, 3.8) is 0 Å². The van der Waals surface area contributed by atoms with Gasteiger partial charge in [0.2, 0.25) is 0 Å². The molecule has 0 aliphatic carbocycles. The van der Waals surface area contributed by atoms with Gasteiger partial charge < -0.3 is 10.3 Å². The third-order valence-electron chi connectivity index (χ3n) is 5.86. The second-order valence-electron chi connectivity index (χ2n) is 7.53. The zero-order valence-corrected chi connectivity index (χ0v) is 16.5. The first kappa shape index (κ1) is 18.3. The highest BCUT2D eigenvalue weighted by molar-refractivity contribution is 7.99. The quantitative estimate of drug-likeness (QED) is 0.775. The van der Waals surface area contributed by atoms with Crippen molar-refractivity contribution in [1.82, 2.24) is 15.2 Å². The van der Waals surface area contributed by atoms with E-state index >= 15 is 0 Å². The molecule has 3 fully saturated rings. The number of H-pyrrole nitrogens is 1. The van der Waals surface area contributed by atoms with Gasteiger partial charge in [-0.05, 0) is 75.2 Å². The highest BCUT2D eigenvalue weighted by atomic mass is 32.2. The Morgan fingerprint density at radius 1 is 1.11 bits per heavy atom. The molecule has 1 amide bonds. The Bertz CT molecular complexity index is 835. The van der Waals surface area contributed by atoms with E-state index in [1.807, 2.05) is 30.3 Å². The number of fused-ring (bicyclic) bond motifs is 3. The van der Waals surface area contributed by atoms with Crippen LogP contribution in [-0.2, 0) is 0 Å². The summed E-state index contributed by atoms with van der Waals surface area (Å²) in [6.07, 6.45) is 2.37. The van der Waals surface area contributed by atoms with Crippen molar-refractivity contribution < 1.29 is 9.59 Å². The van der Waals surface area contributed by atoms with Crippen LogP contribution in [0, 0.1) is 5.92 Å². The normalized spacial score (nSPS) is 26.7. The number of carbonyl (C=O) groups is 2. The standard InChI is InChI=1S/C21H25N3O2S/c1-13-20(15-9-11-24(13)12-10-15)23-21(26)16-3-5-17(6-4-16)27-19-8-7-18(22-19)14(2)25/h3-8,13,15,20,22H,9-12H2,1-2H3,(H,23,26)/t13?,20-/m0/s1. The van der Waals surface area contributed by atoms with Crippen LogP contribution in [0.15, 0.2) is 46.3 Å². The summed E-state index contributed by atoms with van der Waals surface area (Å²) in [6, 6.07) is 12.0. The van der Waals surface area contributed by atoms with Gasteiger partial charge in [0.15, 0.2) is 5.78 Å². The number of aromatic amines is 1. The van der Waals surface area contributed by atoms with E-state index in [1.54, 1.807) is 24.8 Å². The van der Waals surface area contributed by atoms with Crippen LogP contribution in [0.3, 0.4) is 0 Å². The summed E-state index contributed by atoms with van der Waals surface area (Å²) < 4.78 is 0. The lowest BCUT2D eigenvalue weighted by Gasteiger charge is -2.49. The molecule has 2 bridgehead atoms. The first-order valence-electron chi connectivity index (χ1n) is 9.54. The molecule has 4 heterocycles. The number of amides is 1. The molecule has 1 aromatic carbocycles. The lowest BCUT2D eigenvalue weighted by atomic mass is 9.79. The Kier molecular flexibility index (Phi) is 5.10. The number of nitrogens with one attached hydrogen (secondary N) is 2. The first-order chi connectivity index (χ1) is 13.0. The van der Waals surface area contributed by atoms with E-state index in [1.165, 1.54) is 12.8 Å². The highest BCUT2D eigenvalue weighted by Crippen LogP contribution is 2.32. The van der Waals surface area contributed by atoms with E-state index in [2.05, 4.69) is 22.1 Å². The summed E-state index contributed by atoms with van der Waals surface area (Å²) in [5.41, 5.74) is 1.30. The van der Waals surface area contributed by atoms with Gasteiger partial charge in [0.05, 0.1) is 10.7 Å². The van der Waals surface area contributed by atoms with E-state index < -0.39 is 0 Å². The summed E-state index contributed by atoms with van der Waals surface area (Å²) in [4.78, 5) is 30.7. The molecule has 1 aromatic heterocycles. The number of piperidine rings is 3. The molecule has 3 aliphatic heterocycles. The maximum absolute atomic E-state index is 12.7. The van der Waals surface area contributed by atoms with Crippen LogP contribution in [0.2, 0.25) is 0 Å². The van der Waals surface area contributed by atoms with Crippen molar-refractivity contribution in [3.05, 3.63) is 47.7 Å². The molecule has 2 atom stereocenters. The SMILES string of the molecule is CC(=O)c1ccc(Sc2ccc(C(=O)N[C@@H]3C4CCN(CC4)C3C)cc2)[nH]1. The lowest BCUT2D eigenvalue weighted by molar-refractivity contribution is 0.0217. The molecule has 5 rings (SSSR count). The molecule has 0 spiro atoms. The van der Waals surface area contributed by atoms with Crippen molar-refractivity contribution >= 4 is 23.5 Å². The van der Waals surface area contributed by atoms with Gasteiger partial charge in [0.25, 0.3) is 5.91 Å². The minimum atomic E-state index is 0.0101. The number of aromatic nitrogens is 1. The van der Waals surface area contributed by atoms with Gasteiger partial charge in [-0.3, -0.25) is 14.5 Å². The van der Waals surface area contributed by atoms with Crippen LogP contribution < -0.4 is 5.32 Å². The summed E-state index contributed by atoms with van der Waals surface area (Å²) in [7, 11) is 0. The minimum Gasteiger partial charge on any atom is -0.347 e. The molecule has 3 saturated heterocycles. The fourth-order valence-electron chi connectivity index (χ4n) is 4.22. The number of nitrogens with zero attached hydrogens (tertiary/aromatic N) is 1. The number of hydrogen-bond donors (Lipinski definition) is 2. The second-order valence-corrected chi connectivity index (χ2v) is 8.65. The first-order valence-corrected chi connectivity index (χ1v) is 10.4. The number of hydrogen-bond acceptors (Lipinski definition) is 4. The Morgan fingerprint density at radius 3 is 2.41 bits per heavy atom. The lowest BCUT2D eigenvalue weighted by Crippen LogP contribution is -2.62. The van der Waals surface area contributed by atoms with Crippen molar-refractivity contribution in [2.24, 2.45) is 5.92 Å². The number of Topliss-reactive ketones (excluding diaryl/α,β-unsaturated/α-hetero) is 1. The van der Waals surface area contributed by atoms with Crippen molar-refractivity contribution in [3.8, 4) is 0 Å². The summed E-state index contributed by atoms with van der Waals surface area (Å²) in [5, 5.41) is 4.19. The van der Waals surface area contributed by atoms with E-state index in [0.717, 1.165) is 23.0 Å². The monoisotopic (exact) mass is 383 g/mol. The van der Waals surface area contributed by atoms with Gasteiger partial charge in [-0.2, -0.15) is 0 Å². The van der Waals surface area contributed by atoms with Gasteiger partial charge in [-0.15, -0.1) is 0 Å². The molecule has 6 heteroatoms. The average Bonchev–Trinajstić information content (AvgIpc) is 3.14. The number of carbonyl (C=O) groups excluding carboxylic acids is 2. The Morgan fingerprint density at radius 2 is 1.81 bits per heavy atom. The van der Waals surface area contributed by atoms with Crippen LogP contribution in [0.5, 0.6) is 0 Å². The molecule has 2 N–H and O–H groups in total. The smallest absolute Gasteiger partial charge is 0.251 e. The predicted octanol–water partition coefficient (Wildman–Crippen LogP) is 3.58. The largest absolute Gasteiger partial charge is 0.347 e. The molecule has 2 aromatic rings. The number of benzene rings is 1. The summed E-state index contributed by atoms with van der Waals surface area (Å²) in [6.45, 7) is 6.09. The number of rotatable bonds is 5. The van der Waals surface area contributed by atoms with Crippen molar-refractivity contribution in [2.75, 3.05) is 13.1 Å². The molecule has 142 valence electrons. The summed E-state index contributed by atoms with van der Waals surface area (Å²) >= 11 is 1.55. The predicted molar refractivity (Wildman–Crippen MR) is 106 cm³/mol.